The number of hydrogen-bond acceptors (Lipinski definition) is 2. The first-order valence-electron chi connectivity index (χ1n) is 5.16. The molecule has 0 saturated heterocycles. The normalized spacial score (nSPS) is 13.8. The van der Waals surface area contributed by atoms with Crippen molar-refractivity contribution in [3.05, 3.63) is 0 Å². The molecule has 0 aliphatic heterocycles. The first kappa shape index (κ1) is 12.6. The average Bonchev–Trinajstić information content (AvgIpc) is 2.02. The van der Waals surface area contributed by atoms with Crippen LogP contribution in [0.1, 0.15) is 34.1 Å². The number of ketones is 1. The van der Waals surface area contributed by atoms with E-state index in [1.165, 1.54) is 0 Å². The summed E-state index contributed by atoms with van der Waals surface area (Å²) in [6.07, 6.45) is 1.01. The second kappa shape index (κ2) is 6.14. The number of carbonyl (C=O) groups is 1. The van der Waals surface area contributed by atoms with Gasteiger partial charge in [-0.3, -0.25) is 4.79 Å². The molecule has 0 bridgehead atoms. The van der Waals surface area contributed by atoms with Crippen LogP contribution in [0.3, 0.4) is 0 Å². The average molecular weight is 185 g/mol. The molecule has 78 valence electrons. The second-order valence-electron chi connectivity index (χ2n) is 4.29. The Hall–Kier alpha value is -0.370. The maximum absolute atomic E-state index is 11.3. The van der Waals surface area contributed by atoms with Crippen molar-refractivity contribution in [1.29, 1.82) is 0 Å². The fourth-order valence-corrected chi connectivity index (χ4v) is 1.44. The largest absolute Gasteiger partial charge is 0.306 e. The summed E-state index contributed by atoms with van der Waals surface area (Å²) in [5.74, 6) is 1.16. The van der Waals surface area contributed by atoms with E-state index < -0.39 is 0 Å². The first-order valence-corrected chi connectivity index (χ1v) is 5.16. The Morgan fingerprint density at radius 1 is 1.38 bits per heavy atom. The Kier molecular flexibility index (Phi) is 5.97. The van der Waals surface area contributed by atoms with Crippen molar-refractivity contribution in [3.63, 3.8) is 0 Å². The third-order valence-corrected chi connectivity index (χ3v) is 2.40. The van der Waals surface area contributed by atoms with Gasteiger partial charge in [0.05, 0.1) is 0 Å². The van der Waals surface area contributed by atoms with Gasteiger partial charge in [0.1, 0.15) is 5.78 Å². The van der Waals surface area contributed by atoms with E-state index in [0.717, 1.165) is 19.5 Å². The number of rotatable bonds is 6. The van der Waals surface area contributed by atoms with E-state index in [1.807, 2.05) is 0 Å². The highest BCUT2D eigenvalue weighted by Crippen LogP contribution is 2.13. The van der Waals surface area contributed by atoms with E-state index in [-0.39, 0.29) is 5.92 Å². The Labute approximate surface area is 82.3 Å². The van der Waals surface area contributed by atoms with Gasteiger partial charge in [-0.25, -0.2) is 0 Å². The minimum atomic E-state index is 0.227. The molecule has 13 heavy (non-hydrogen) atoms. The molecule has 0 N–H and O–H groups in total. The van der Waals surface area contributed by atoms with Crippen LogP contribution in [0.25, 0.3) is 0 Å². The molecule has 2 heteroatoms. The minimum Gasteiger partial charge on any atom is -0.306 e. The van der Waals surface area contributed by atoms with Crippen molar-refractivity contribution < 1.29 is 4.79 Å². The molecule has 1 unspecified atom stereocenters. The summed E-state index contributed by atoms with van der Waals surface area (Å²) in [7, 11) is 2.07. The summed E-state index contributed by atoms with van der Waals surface area (Å²) in [5.41, 5.74) is 0. The topological polar surface area (TPSA) is 20.3 Å². The van der Waals surface area contributed by atoms with Crippen LogP contribution in [0.15, 0.2) is 0 Å². The number of hydrogen-bond donors (Lipinski definition) is 0. The van der Waals surface area contributed by atoms with Crippen LogP contribution in [0, 0.1) is 11.8 Å². The van der Waals surface area contributed by atoms with Crippen LogP contribution >= 0.6 is 0 Å². The fraction of sp³-hybridized carbons (Fsp3) is 0.909. The minimum absolute atomic E-state index is 0.227. The standard InChI is InChI=1S/C11H23NO/c1-6-12(5)8-11(10(4)13)7-9(2)3/h9,11H,6-8H2,1-5H3. The molecule has 0 aromatic carbocycles. The highest BCUT2D eigenvalue weighted by atomic mass is 16.1. The molecule has 0 rings (SSSR count). The van der Waals surface area contributed by atoms with E-state index in [9.17, 15) is 4.79 Å². The molecule has 0 amide bonds. The van der Waals surface area contributed by atoms with Crippen LogP contribution in [0.5, 0.6) is 0 Å². The smallest absolute Gasteiger partial charge is 0.134 e. The number of carbonyl (C=O) groups excluding carboxylic acids is 1. The Morgan fingerprint density at radius 2 is 1.92 bits per heavy atom. The highest BCUT2D eigenvalue weighted by Gasteiger charge is 2.16. The van der Waals surface area contributed by atoms with Gasteiger partial charge in [-0.15, -0.1) is 0 Å². The zero-order chi connectivity index (χ0) is 10.4. The SMILES string of the molecule is CCN(C)CC(CC(C)C)C(C)=O. The molecule has 0 aromatic rings. The summed E-state index contributed by atoms with van der Waals surface area (Å²) < 4.78 is 0. The van der Waals surface area contributed by atoms with Gasteiger partial charge in [-0.1, -0.05) is 20.8 Å². The van der Waals surface area contributed by atoms with Crippen LogP contribution in [-0.4, -0.2) is 30.8 Å². The molecular weight excluding hydrogens is 162 g/mol. The third kappa shape index (κ3) is 5.81. The quantitative estimate of drug-likeness (QED) is 0.632. The van der Waals surface area contributed by atoms with E-state index in [2.05, 4.69) is 32.7 Å². The van der Waals surface area contributed by atoms with Crippen LogP contribution < -0.4 is 0 Å². The summed E-state index contributed by atoms with van der Waals surface area (Å²) in [5, 5.41) is 0. The van der Waals surface area contributed by atoms with Crippen LogP contribution in [0.2, 0.25) is 0 Å². The van der Waals surface area contributed by atoms with E-state index in [0.29, 0.717) is 11.7 Å². The van der Waals surface area contributed by atoms with Crippen molar-refractivity contribution in [2.24, 2.45) is 11.8 Å². The van der Waals surface area contributed by atoms with Crippen molar-refractivity contribution >= 4 is 5.78 Å². The van der Waals surface area contributed by atoms with Gasteiger partial charge < -0.3 is 4.90 Å². The molecule has 0 fully saturated rings. The van der Waals surface area contributed by atoms with Crippen LogP contribution in [-0.2, 0) is 4.79 Å². The molecule has 0 aromatic heterocycles. The van der Waals surface area contributed by atoms with Gasteiger partial charge in [0.25, 0.3) is 0 Å². The molecule has 0 heterocycles. The Balaban J connectivity index is 4.02. The zero-order valence-corrected chi connectivity index (χ0v) is 9.63. The van der Waals surface area contributed by atoms with Gasteiger partial charge in [0.2, 0.25) is 0 Å². The molecule has 0 saturated carbocycles. The predicted molar refractivity (Wildman–Crippen MR) is 56.8 cm³/mol. The lowest BCUT2D eigenvalue weighted by Gasteiger charge is -2.22. The van der Waals surface area contributed by atoms with Gasteiger partial charge in [-0.2, -0.15) is 0 Å². The van der Waals surface area contributed by atoms with Gasteiger partial charge in [-0.05, 0) is 32.9 Å². The van der Waals surface area contributed by atoms with Crippen molar-refractivity contribution in [3.8, 4) is 0 Å². The van der Waals surface area contributed by atoms with E-state index >= 15 is 0 Å². The summed E-state index contributed by atoms with van der Waals surface area (Å²) >= 11 is 0. The number of Topliss-reactive ketones (excluding diaryl/α,β-unsaturated/α-hetero) is 1. The zero-order valence-electron chi connectivity index (χ0n) is 9.63. The van der Waals surface area contributed by atoms with Crippen molar-refractivity contribution in [2.45, 2.75) is 34.1 Å². The molecule has 2 nitrogen and oxygen atoms in total. The van der Waals surface area contributed by atoms with Crippen molar-refractivity contribution in [2.75, 3.05) is 20.1 Å². The Bertz CT molecular complexity index is 154. The summed E-state index contributed by atoms with van der Waals surface area (Å²) in [4.78, 5) is 13.5. The van der Waals surface area contributed by atoms with Gasteiger partial charge in [0, 0.05) is 12.5 Å². The first-order chi connectivity index (χ1) is 5.97. The monoisotopic (exact) mass is 185 g/mol. The Morgan fingerprint density at radius 3 is 2.23 bits per heavy atom. The molecule has 1 atom stereocenters. The molecule has 0 spiro atoms. The molecular formula is C11H23NO. The lowest BCUT2D eigenvalue weighted by molar-refractivity contribution is -0.121. The maximum Gasteiger partial charge on any atom is 0.134 e. The molecule has 0 radical (unpaired) electrons. The molecule has 0 aliphatic rings. The van der Waals surface area contributed by atoms with Crippen molar-refractivity contribution in [1.82, 2.24) is 4.90 Å². The van der Waals surface area contributed by atoms with Crippen LogP contribution in [0.4, 0.5) is 0 Å². The maximum atomic E-state index is 11.3. The fourth-order valence-electron chi connectivity index (χ4n) is 1.44. The third-order valence-electron chi connectivity index (χ3n) is 2.40. The highest BCUT2D eigenvalue weighted by molar-refractivity contribution is 5.78. The van der Waals surface area contributed by atoms with Gasteiger partial charge in [0.15, 0.2) is 0 Å². The molecule has 0 aliphatic carbocycles. The summed E-state index contributed by atoms with van der Waals surface area (Å²) in [6, 6.07) is 0. The van der Waals surface area contributed by atoms with E-state index in [4.69, 9.17) is 0 Å². The van der Waals surface area contributed by atoms with Gasteiger partial charge >= 0.3 is 0 Å². The second-order valence-corrected chi connectivity index (χ2v) is 4.29. The lowest BCUT2D eigenvalue weighted by atomic mass is 9.93. The summed E-state index contributed by atoms with van der Waals surface area (Å²) in [6.45, 7) is 10.1. The lowest BCUT2D eigenvalue weighted by Crippen LogP contribution is -2.30. The van der Waals surface area contributed by atoms with E-state index in [1.54, 1.807) is 6.92 Å². The number of nitrogens with zero attached hydrogens (tertiary/aromatic N) is 1. The predicted octanol–water partition coefficient (Wildman–Crippen LogP) is 2.19.